The van der Waals surface area contributed by atoms with Gasteiger partial charge in [-0.1, -0.05) is 35.5 Å². The van der Waals surface area contributed by atoms with E-state index in [4.69, 9.17) is 11.1 Å². The van der Waals surface area contributed by atoms with Gasteiger partial charge in [0.2, 0.25) is 0 Å². The maximum Gasteiger partial charge on any atom is 0.122 e. The molecule has 98 valence electrons. The van der Waals surface area contributed by atoms with Gasteiger partial charge in [0, 0.05) is 15.4 Å². The van der Waals surface area contributed by atoms with Crippen molar-refractivity contribution in [2.45, 2.75) is 30.6 Å². The van der Waals surface area contributed by atoms with E-state index in [0.717, 1.165) is 11.1 Å². The molecule has 2 aromatic carbocycles. The van der Waals surface area contributed by atoms with Crippen LogP contribution in [0.5, 0.6) is 0 Å². The van der Waals surface area contributed by atoms with Crippen molar-refractivity contribution in [1.29, 1.82) is 5.41 Å². The first-order valence-corrected chi connectivity index (χ1v) is 6.99. The van der Waals surface area contributed by atoms with Gasteiger partial charge in [0.05, 0.1) is 0 Å². The van der Waals surface area contributed by atoms with Crippen molar-refractivity contribution < 1.29 is 0 Å². The van der Waals surface area contributed by atoms with E-state index in [1.54, 1.807) is 11.8 Å². The van der Waals surface area contributed by atoms with Crippen LogP contribution >= 0.6 is 11.8 Å². The Labute approximate surface area is 118 Å². The van der Waals surface area contributed by atoms with Crippen LogP contribution in [0.1, 0.15) is 22.3 Å². The van der Waals surface area contributed by atoms with Gasteiger partial charge in [-0.2, -0.15) is 0 Å². The zero-order valence-electron chi connectivity index (χ0n) is 11.4. The molecule has 0 saturated carbocycles. The smallest absolute Gasteiger partial charge is 0.122 e. The summed E-state index contributed by atoms with van der Waals surface area (Å²) in [7, 11) is 0. The van der Waals surface area contributed by atoms with E-state index in [1.165, 1.54) is 20.9 Å². The second kappa shape index (κ2) is 5.49. The summed E-state index contributed by atoms with van der Waals surface area (Å²) in [5.74, 6) is 0.117. The van der Waals surface area contributed by atoms with E-state index in [-0.39, 0.29) is 5.84 Å². The Hall–Kier alpha value is -1.74. The highest BCUT2D eigenvalue weighted by atomic mass is 32.2. The first kappa shape index (κ1) is 13.7. The lowest BCUT2D eigenvalue weighted by Crippen LogP contribution is -2.10. The van der Waals surface area contributed by atoms with E-state index in [0.29, 0.717) is 0 Å². The summed E-state index contributed by atoms with van der Waals surface area (Å²) in [6, 6.07) is 12.4. The van der Waals surface area contributed by atoms with E-state index in [9.17, 15) is 0 Å². The molecule has 0 aliphatic rings. The summed E-state index contributed by atoms with van der Waals surface area (Å²) >= 11 is 1.76. The third-order valence-electron chi connectivity index (χ3n) is 3.04. The second-order valence-electron chi connectivity index (χ2n) is 4.76. The van der Waals surface area contributed by atoms with Gasteiger partial charge in [0.1, 0.15) is 5.84 Å². The molecule has 2 rings (SSSR count). The molecule has 3 heteroatoms. The van der Waals surface area contributed by atoms with Crippen molar-refractivity contribution in [2.75, 3.05) is 0 Å². The van der Waals surface area contributed by atoms with E-state index >= 15 is 0 Å². The number of hydrogen-bond donors (Lipinski definition) is 2. The largest absolute Gasteiger partial charge is 0.384 e. The molecule has 0 amide bonds. The molecule has 0 fully saturated rings. The summed E-state index contributed by atoms with van der Waals surface area (Å²) in [4.78, 5) is 2.47. The van der Waals surface area contributed by atoms with Gasteiger partial charge in [-0.3, -0.25) is 5.41 Å². The molecule has 0 aromatic heterocycles. The van der Waals surface area contributed by atoms with E-state index in [1.807, 2.05) is 18.2 Å². The molecule has 0 aliphatic heterocycles. The zero-order valence-corrected chi connectivity index (χ0v) is 12.3. The van der Waals surface area contributed by atoms with E-state index in [2.05, 4.69) is 39.0 Å². The fourth-order valence-corrected chi connectivity index (χ4v) is 2.91. The Balaban J connectivity index is 2.31. The maximum absolute atomic E-state index is 7.45. The molecule has 0 radical (unpaired) electrons. The van der Waals surface area contributed by atoms with Gasteiger partial charge < -0.3 is 5.73 Å². The highest BCUT2D eigenvalue weighted by molar-refractivity contribution is 7.99. The standard InChI is InChI=1S/C16H18N2S/c1-10-4-6-14(11(2)8-10)19-15-7-5-13(16(17)18)9-12(15)3/h4-9H,1-3H3,(H3,17,18). The Morgan fingerprint density at radius 3 is 2.05 bits per heavy atom. The first-order chi connectivity index (χ1) is 8.97. The molecular weight excluding hydrogens is 252 g/mol. The van der Waals surface area contributed by atoms with Crippen LogP contribution < -0.4 is 5.73 Å². The second-order valence-corrected chi connectivity index (χ2v) is 5.85. The monoisotopic (exact) mass is 270 g/mol. The van der Waals surface area contributed by atoms with Gasteiger partial charge in [0.15, 0.2) is 0 Å². The first-order valence-electron chi connectivity index (χ1n) is 6.17. The highest BCUT2D eigenvalue weighted by Gasteiger charge is 2.06. The van der Waals surface area contributed by atoms with Gasteiger partial charge in [0.25, 0.3) is 0 Å². The van der Waals surface area contributed by atoms with Crippen molar-refractivity contribution in [2.24, 2.45) is 5.73 Å². The average Bonchev–Trinajstić information content (AvgIpc) is 2.34. The maximum atomic E-state index is 7.45. The van der Waals surface area contributed by atoms with Gasteiger partial charge in [-0.05, 0) is 50.1 Å². The third-order valence-corrected chi connectivity index (χ3v) is 4.39. The highest BCUT2D eigenvalue weighted by Crippen LogP contribution is 2.33. The number of amidine groups is 1. The summed E-state index contributed by atoms with van der Waals surface area (Å²) in [6.45, 7) is 6.29. The molecule has 2 aromatic rings. The summed E-state index contributed by atoms with van der Waals surface area (Å²) in [6.07, 6.45) is 0. The van der Waals surface area contributed by atoms with Crippen molar-refractivity contribution >= 4 is 17.6 Å². The Morgan fingerprint density at radius 1 is 0.947 bits per heavy atom. The Morgan fingerprint density at radius 2 is 1.53 bits per heavy atom. The molecule has 3 N–H and O–H groups in total. The number of hydrogen-bond acceptors (Lipinski definition) is 2. The molecular formula is C16H18N2S. The van der Waals surface area contributed by atoms with Crippen LogP contribution in [0.2, 0.25) is 0 Å². The van der Waals surface area contributed by atoms with Crippen LogP contribution in [-0.2, 0) is 0 Å². The normalized spacial score (nSPS) is 10.5. The SMILES string of the molecule is Cc1ccc(Sc2ccc(C(=N)N)cc2C)c(C)c1. The summed E-state index contributed by atoms with van der Waals surface area (Å²) in [5.41, 5.74) is 10.0. The molecule has 0 heterocycles. The fraction of sp³-hybridized carbons (Fsp3) is 0.188. The lowest BCUT2D eigenvalue weighted by molar-refractivity contribution is 1.24. The van der Waals surface area contributed by atoms with Crippen LogP contribution in [0.4, 0.5) is 0 Å². The minimum absolute atomic E-state index is 0.117. The fourth-order valence-electron chi connectivity index (χ4n) is 1.96. The van der Waals surface area contributed by atoms with Gasteiger partial charge >= 0.3 is 0 Å². The molecule has 0 spiro atoms. The van der Waals surface area contributed by atoms with Crippen LogP contribution in [0.25, 0.3) is 0 Å². The van der Waals surface area contributed by atoms with Crippen LogP contribution in [0.3, 0.4) is 0 Å². The van der Waals surface area contributed by atoms with Crippen LogP contribution in [0, 0.1) is 26.2 Å². The zero-order chi connectivity index (χ0) is 14.0. The number of rotatable bonds is 3. The topological polar surface area (TPSA) is 49.9 Å². The predicted molar refractivity (Wildman–Crippen MR) is 82.2 cm³/mol. The van der Waals surface area contributed by atoms with Gasteiger partial charge in [-0.15, -0.1) is 0 Å². The quantitative estimate of drug-likeness (QED) is 0.653. The molecule has 0 unspecified atom stereocenters. The molecule has 0 bridgehead atoms. The van der Waals surface area contributed by atoms with Crippen molar-refractivity contribution in [1.82, 2.24) is 0 Å². The lowest BCUT2D eigenvalue weighted by atomic mass is 10.1. The molecule has 0 aliphatic carbocycles. The Kier molecular flexibility index (Phi) is 3.96. The van der Waals surface area contributed by atoms with Gasteiger partial charge in [-0.25, -0.2) is 0 Å². The lowest BCUT2D eigenvalue weighted by Gasteiger charge is -2.10. The molecule has 19 heavy (non-hydrogen) atoms. The summed E-state index contributed by atoms with van der Waals surface area (Å²) < 4.78 is 0. The number of nitrogens with two attached hydrogens (primary N) is 1. The minimum Gasteiger partial charge on any atom is -0.384 e. The number of nitrogen functional groups attached to an aromatic ring is 1. The van der Waals surface area contributed by atoms with Crippen molar-refractivity contribution in [3.63, 3.8) is 0 Å². The van der Waals surface area contributed by atoms with Crippen LogP contribution in [-0.4, -0.2) is 5.84 Å². The summed E-state index contributed by atoms with van der Waals surface area (Å²) in [5, 5.41) is 7.45. The number of benzene rings is 2. The Bertz CT molecular complexity index is 633. The molecule has 0 atom stereocenters. The van der Waals surface area contributed by atoms with Crippen molar-refractivity contribution in [3.8, 4) is 0 Å². The minimum atomic E-state index is 0.117. The predicted octanol–water partition coefficient (Wildman–Crippen LogP) is 4.05. The number of aryl methyl sites for hydroxylation is 3. The number of nitrogens with one attached hydrogen (secondary N) is 1. The van der Waals surface area contributed by atoms with Crippen molar-refractivity contribution in [3.05, 3.63) is 58.7 Å². The third kappa shape index (κ3) is 3.18. The van der Waals surface area contributed by atoms with Crippen LogP contribution in [0.15, 0.2) is 46.2 Å². The molecule has 0 saturated heterocycles. The average molecular weight is 270 g/mol. The van der Waals surface area contributed by atoms with E-state index < -0.39 is 0 Å². The molecule has 2 nitrogen and oxygen atoms in total.